The summed E-state index contributed by atoms with van der Waals surface area (Å²) in [6, 6.07) is 12.9. The number of hydrogen-bond acceptors (Lipinski definition) is 3. The molecule has 2 aromatic rings. The first-order valence-electron chi connectivity index (χ1n) is 5.10. The Morgan fingerprint density at radius 2 is 1.88 bits per heavy atom. The summed E-state index contributed by atoms with van der Waals surface area (Å²) in [6.45, 7) is 1.85. The van der Waals surface area contributed by atoms with Crippen LogP contribution in [-0.2, 0) is 0 Å². The van der Waals surface area contributed by atoms with Crippen LogP contribution >= 0.6 is 11.8 Å². The van der Waals surface area contributed by atoms with Crippen LogP contribution in [0.25, 0.3) is 0 Å². The first-order chi connectivity index (χ1) is 8.16. The molecule has 0 saturated heterocycles. The van der Waals surface area contributed by atoms with Crippen molar-refractivity contribution in [2.24, 2.45) is 0 Å². The molecule has 0 spiro atoms. The molecular formula is C13H11NO2S. The number of nitrogens with zero attached hydrogens (tertiary/aromatic N) is 1. The Hall–Kier alpha value is -1.81. The molecule has 1 aromatic heterocycles. The highest BCUT2D eigenvalue weighted by atomic mass is 32.2. The van der Waals surface area contributed by atoms with E-state index in [1.165, 1.54) is 11.8 Å². The van der Waals surface area contributed by atoms with Gasteiger partial charge in [-0.2, -0.15) is 0 Å². The third-order valence-corrected chi connectivity index (χ3v) is 3.20. The second kappa shape index (κ2) is 5.01. The van der Waals surface area contributed by atoms with Crippen LogP contribution in [0.4, 0.5) is 0 Å². The lowest BCUT2D eigenvalue weighted by Crippen LogP contribution is -2.01. The average Bonchev–Trinajstić information content (AvgIpc) is 2.30. The molecule has 1 heterocycles. The Morgan fingerprint density at radius 3 is 2.53 bits per heavy atom. The summed E-state index contributed by atoms with van der Waals surface area (Å²) in [5, 5.41) is 9.61. The normalized spacial score (nSPS) is 10.2. The molecule has 4 heteroatoms. The van der Waals surface area contributed by atoms with Crippen molar-refractivity contribution in [3.05, 3.63) is 53.7 Å². The maximum atomic E-state index is 11.1. The second-order valence-corrected chi connectivity index (χ2v) is 4.59. The number of carboxylic acids is 1. The van der Waals surface area contributed by atoms with Crippen molar-refractivity contribution >= 4 is 17.7 Å². The molecule has 0 radical (unpaired) electrons. The van der Waals surface area contributed by atoms with Crippen molar-refractivity contribution in [3.63, 3.8) is 0 Å². The van der Waals surface area contributed by atoms with Gasteiger partial charge in [0.25, 0.3) is 0 Å². The molecule has 0 bridgehead atoms. The van der Waals surface area contributed by atoms with Crippen LogP contribution in [-0.4, -0.2) is 16.1 Å². The van der Waals surface area contributed by atoms with Gasteiger partial charge in [-0.1, -0.05) is 30.0 Å². The van der Waals surface area contributed by atoms with Gasteiger partial charge in [-0.3, -0.25) is 0 Å². The first kappa shape index (κ1) is 11.7. The summed E-state index contributed by atoms with van der Waals surface area (Å²) in [6.07, 6.45) is 0. The lowest BCUT2D eigenvalue weighted by molar-refractivity contribution is 0.0692. The summed E-state index contributed by atoms with van der Waals surface area (Å²) in [4.78, 5) is 16.3. The fraction of sp³-hybridized carbons (Fsp3) is 0.0769. The van der Waals surface area contributed by atoms with Gasteiger partial charge < -0.3 is 5.11 Å². The summed E-state index contributed by atoms with van der Waals surface area (Å²) in [7, 11) is 0. The van der Waals surface area contributed by atoms with E-state index in [1.54, 1.807) is 12.1 Å². The van der Waals surface area contributed by atoms with Crippen LogP contribution in [0, 0.1) is 6.92 Å². The topological polar surface area (TPSA) is 50.2 Å². The van der Waals surface area contributed by atoms with E-state index in [2.05, 4.69) is 4.98 Å². The van der Waals surface area contributed by atoms with Crippen LogP contribution in [0.5, 0.6) is 0 Å². The predicted molar refractivity (Wildman–Crippen MR) is 66.5 cm³/mol. The van der Waals surface area contributed by atoms with Gasteiger partial charge in [0, 0.05) is 10.6 Å². The van der Waals surface area contributed by atoms with Crippen molar-refractivity contribution in [2.45, 2.75) is 16.8 Å². The van der Waals surface area contributed by atoms with E-state index >= 15 is 0 Å². The largest absolute Gasteiger partial charge is 0.478 e. The molecule has 86 valence electrons. The van der Waals surface area contributed by atoms with Crippen LogP contribution < -0.4 is 0 Å². The zero-order chi connectivity index (χ0) is 12.3. The number of carbonyl (C=O) groups is 1. The smallest absolute Gasteiger partial charge is 0.338 e. The number of carboxylic acid groups (broad SMARTS) is 1. The summed E-state index contributed by atoms with van der Waals surface area (Å²) >= 11 is 1.36. The number of aromatic nitrogens is 1. The van der Waals surface area contributed by atoms with Gasteiger partial charge in [-0.05, 0) is 31.2 Å². The lowest BCUT2D eigenvalue weighted by Gasteiger charge is -2.05. The zero-order valence-corrected chi connectivity index (χ0v) is 10.1. The molecule has 2 rings (SSSR count). The number of pyridine rings is 1. The Morgan fingerprint density at radius 1 is 1.18 bits per heavy atom. The Kier molecular flexibility index (Phi) is 3.44. The minimum Gasteiger partial charge on any atom is -0.478 e. The molecule has 3 nitrogen and oxygen atoms in total. The van der Waals surface area contributed by atoms with E-state index in [4.69, 9.17) is 5.11 Å². The van der Waals surface area contributed by atoms with Crippen LogP contribution in [0.2, 0.25) is 0 Å². The highest BCUT2D eigenvalue weighted by Gasteiger charge is 2.12. The zero-order valence-electron chi connectivity index (χ0n) is 9.25. The fourth-order valence-electron chi connectivity index (χ4n) is 1.37. The molecule has 1 N–H and O–H groups in total. The van der Waals surface area contributed by atoms with Gasteiger partial charge >= 0.3 is 5.97 Å². The lowest BCUT2D eigenvalue weighted by atomic mass is 10.2. The number of benzene rings is 1. The number of hydrogen-bond donors (Lipinski definition) is 1. The second-order valence-electron chi connectivity index (χ2n) is 3.53. The van der Waals surface area contributed by atoms with Crippen molar-refractivity contribution in [1.82, 2.24) is 4.98 Å². The minimum atomic E-state index is -0.948. The van der Waals surface area contributed by atoms with Crippen molar-refractivity contribution < 1.29 is 9.90 Å². The molecule has 1 aromatic carbocycles. The molecule has 0 aliphatic rings. The van der Waals surface area contributed by atoms with E-state index in [-0.39, 0.29) is 5.56 Å². The monoisotopic (exact) mass is 245 g/mol. The van der Waals surface area contributed by atoms with E-state index < -0.39 is 5.97 Å². The molecular weight excluding hydrogens is 234 g/mol. The minimum absolute atomic E-state index is 0.240. The molecule has 0 aliphatic heterocycles. The molecule has 0 aliphatic carbocycles. The van der Waals surface area contributed by atoms with Crippen molar-refractivity contribution in [3.8, 4) is 0 Å². The quantitative estimate of drug-likeness (QED) is 0.901. The highest BCUT2D eigenvalue weighted by molar-refractivity contribution is 7.99. The van der Waals surface area contributed by atoms with Crippen LogP contribution in [0.1, 0.15) is 16.1 Å². The number of rotatable bonds is 3. The van der Waals surface area contributed by atoms with E-state index in [1.807, 2.05) is 37.3 Å². The number of aryl methyl sites for hydroxylation is 1. The van der Waals surface area contributed by atoms with Gasteiger partial charge in [0.1, 0.15) is 5.03 Å². The maximum absolute atomic E-state index is 11.1. The third kappa shape index (κ3) is 2.85. The molecule has 0 fully saturated rings. The van der Waals surface area contributed by atoms with Crippen LogP contribution in [0.15, 0.2) is 52.4 Å². The van der Waals surface area contributed by atoms with Crippen LogP contribution in [0.3, 0.4) is 0 Å². The molecule has 0 unspecified atom stereocenters. The van der Waals surface area contributed by atoms with Gasteiger partial charge in [-0.15, -0.1) is 0 Å². The summed E-state index contributed by atoms with van der Waals surface area (Å²) in [5.74, 6) is -0.948. The third-order valence-electron chi connectivity index (χ3n) is 2.19. The van der Waals surface area contributed by atoms with E-state index in [0.29, 0.717) is 5.03 Å². The van der Waals surface area contributed by atoms with Gasteiger partial charge in [0.2, 0.25) is 0 Å². The van der Waals surface area contributed by atoms with E-state index in [0.717, 1.165) is 10.6 Å². The van der Waals surface area contributed by atoms with Gasteiger partial charge in [0.15, 0.2) is 0 Å². The molecule has 0 atom stereocenters. The van der Waals surface area contributed by atoms with Gasteiger partial charge in [-0.25, -0.2) is 9.78 Å². The standard InChI is InChI=1S/C13H11NO2S/c1-9-7-8-11(13(15)16)12(14-9)17-10-5-3-2-4-6-10/h2-8H,1H3,(H,15,16). The fourth-order valence-corrected chi connectivity index (χ4v) is 2.35. The first-order valence-corrected chi connectivity index (χ1v) is 5.92. The SMILES string of the molecule is Cc1ccc(C(=O)O)c(Sc2ccccc2)n1. The average molecular weight is 245 g/mol. The molecule has 17 heavy (non-hydrogen) atoms. The van der Waals surface area contributed by atoms with Crippen molar-refractivity contribution in [2.75, 3.05) is 0 Å². The Bertz CT molecular complexity index is 540. The molecule has 0 saturated carbocycles. The highest BCUT2D eigenvalue weighted by Crippen LogP contribution is 2.28. The van der Waals surface area contributed by atoms with E-state index in [9.17, 15) is 4.79 Å². The van der Waals surface area contributed by atoms with Gasteiger partial charge in [0.05, 0.1) is 5.56 Å². The summed E-state index contributed by atoms with van der Waals surface area (Å²) in [5.41, 5.74) is 1.05. The Labute approximate surface area is 104 Å². The maximum Gasteiger partial charge on any atom is 0.338 e. The van der Waals surface area contributed by atoms with Crippen molar-refractivity contribution in [1.29, 1.82) is 0 Å². The summed E-state index contributed by atoms with van der Waals surface area (Å²) < 4.78 is 0. The number of aromatic carboxylic acids is 1. The Balaban J connectivity index is 2.37. The molecule has 0 amide bonds. The predicted octanol–water partition coefficient (Wildman–Crippen LogP) is 3.24.